The molecule has 1 aromatic carbocycles. The molecule has 130 valence electrons. The van der Waals surface area contributed by atoms with Gasteiger partial charge in [0.2, 0.25) is 0 Å². The third-order valence-corrected chi connectivity index (χ3v) is 3.58. The fourth-order valence-electron chi connectivity index (χ4n) is 2.42. The standard InChI is InChI=1S/C18H22O6/c1-4-22-15-11-16-14(12(2)9-18(20)24-16)10-13(15)5-6-17(19)23-8-7-21-3/h9-11H,4-8H2,1-3H3. The van der Waals surface area contributed by atoms with Crippen molar-refractivity contribution in [1.82, 2.24) is 0 Å². The lowest BCUT2D eigenvalue weighted by Crippen LogP contribution is -2.10. The van der Waals surface area contributed by atoms with Gasteiger partial charge in [0.1, 0.15) is 17.9 Å². The molecule has 1 heterocycles. The molecule has 0 saturated heterocycles. The van der Waals surface area contributed by atoms with Crippen molar-refractivity contribution in [3.63, 3.8) is 0 Å². The van der Waals surface area contributed by atoms with Crippen LogP contribution in [0.3, 0.4) is 0 Å². The van der Waals surface area contributed by atoms with E-state index in [0.717, 1.165) is 16.5 Å². The van der Waals surface area contributed by atoms with Crippen molar-refractivity contribution < 1.29 is 23.4 Å². The lowest BCUT2D eigenvalue weighted by atomic mass is 10.0. The molecule has 0 aliphatic rings. The van der Waals surface area contributed by atoms with Crippen LogP contribution in [0.5, 0.6) is 5.75 Å². The summed E-state index contributed by atoms with van der Waals surface area (Å²) < 4.78 is 20.8. The van der Waals surface area contributed by atoms with Crippen LogP contribution in [-0.2, 0) is 20.7 Å². The fourth-order valence-corrected chi connectivity index (χ4v) is 2.42. The average molecular weight is 334 g/mol. The number of rotatable bonds is 8. The number of benzene rings is 1. The summed E-state index contributed by atoms with van der Waals surface area (Å²) in [5.41, 5.74) is 1.80. The molecule has 0 atom stereocenters. The van der Waals surface area contributed by atoms with Gasteiger partial charge in [-0.25, -0.2) is 4.79 Å². The number of esters is 1. The number of hydrogen-bond donors (Lipinski definition) is 0. The largest absolute Gasteiger partial charge is 0.493 e. The molecule has 1 aromatic heterocycles. The second-order valence-corrected chi connectivity index (χ2v) is 5.35. The van der Waals surface area contributed by atoms with Crippen LogP contribution >= 0.6 is 0 Å². The molecule has 2 aromatic rings. The van der Waals surface area contributed by atoms with Crippen LogP contribution in [0.25, 0.3) is 11.0 Å². The summed E-state index contributed by atoms with van der Waals surface area (Å²) in [6.45, 7) is 4.83. The van der Waals surface area contributed by atoms with E-state index in [9.17, 15) is 9.59 Å². The molecule has 0 saturated carbocycles. The number of methoxy groups -OCH3 is 1. The molecule has 6 nitrogen and oxygen atoms in total. The van der Waals surface area contributed by atoms with Gasteiger partial charge >= 0.3 is 11.6 Å². The molecule has 0 fully saturated rings. The van der Waals surface area contributed by atoms with E-state index in [2.05, 4.69) is 0 Å². The van der Waals surface area contributed by atoms with E-state index in [0.29, 0.717) is 31.0 Å². The van der Waals surface area contributed by atoms with Crippen LogP contribution in [0.15, 0.2) is 27.4 Å². The number of carbonyl (C=O) groups excluding carboxylic acids is 1. The van der Waals surface area contributed by atoms with Crippen molar-refractivity contribution in [2.75, 3.05) is 26.9 Å². The Bertz CT molecular complexity index is 762. The third kappa shape index (κ3) is 4.58. The first kappa shape index (κ1) is 18.0. The summed E-state index contributed by atoms with van der Waals surface area (Å²) in [6, 6.07) is 5.06. The molecule has 0 spiro atoms. The van der Waals surface area contributed by atoms with Gasteiger partial charge in [-0.2, -0.15) is 0 Å². The Morgan fingerprint density at radius 1 is 1.21 bits per heavy atom. The lowest BCUT2D eigenvalue weighted by Gasteiger charge is -2.12. The van der Waals surface area contributed by atoms with Crippen LogP contribution in [0, 0.1) is 6.92 Å². The normalized spacial score (nSPS) is 10.8. The SMILES string of the molecule is CCOc1cc2oc(=O)cc(C)c2cc1CCC(=O)OCCOC. The summed E-state index contributed by atoms with van der Waals surface area (Å²) in [7, 11) is 1.55. The maximum absolute atomic E-state index is 11.8. The van der Waals surface area contributed by atoms with E-state index in [1.807, 2.05) is 19.9 Å². The van der Waals surface area contributed by atoms with Gasteiger partial charge in [0, 0.05) is 31.0 Å². The molecule has 0 bridgehead atoms. The quantitative estimate of drug-likeness (QED) is 0.420. The van der Waals surface area contributed by atoms with Crippen LogP contribution in [0.1, 0.15) is 24.5 Å². The second-order valence-electron chi connectivity index (χ2n) is 5.35. The summed E-state index contributed by atoms with van der Waals surface area (Å²) in [4.78, 5) is 23.3. The highest BCUT2D eigenvalue weighted by atomic mass is 16.6. The van der Waals surface area contributed by atoms with Gasteiger partial charge in [-0.1, -0.05) is 0 Å². The highest BCUT2D eigenvalue weighted by Gasteiger charge is 2.12. The highest BCUT2D eigenvalue weighted by molar-refractivity contribution is 5.83. The molecule has 24 heavy (non-hydrogen) atoms. The summed E-state index contributed by atoms with van der Waals surface area (Å²) in [5, 5.41) is 0.834. The van der Waals surface area contributed by atoms with E-state index in [1.165, 1.54) is 6.07 Å². The predicted molar refractivity (Wildman–Crippen MR) is 89.5 cm³/mol. The molecule has 2 rings (SSSR count). The van der Waals surface area contributed by atoms with E-state index in [1.54, 1.807) is 13.2 Å². The lowest BCUT2D eigenvalue weighted by molar-refractivity contribution is -0.144. The Hall–Kier alpha value is -2.34. The number of hydrogen-bond acceptors (Lipinski definition) is 6. The second kappa shape index (κ2) is 8.49. The molecule has 0 aliphatic carbocycles. The number of aryl methyl sites for hydroxylation is 2. The topological polar surface area (TPSA) is 75.0 Å². The maximum atomic E-state index is 11.8. The first-order chi connectivity index (χ1) is 11.5. The third-order valence-electron chi connectivity index (χ3n) is 3.58. The molecule has 0 N–H and O–H groups in total. The monoisotopic (exact) mass is 334 g/mol. The van der Waals surface area contributed by atoms with Crippen LogP contribution < -0.4 is 10.4 Å². The molecule has 0 amide bonds. The number of carbonyl (C=O) groups is 1. The zero-order chi connectivity index (χ0) is 17.5. The Balaban J connectivity index is 2.22. The van der Waals surface area contributed by atoms with Gasteiger partial charge in [-0.15, -0.1) is 0 Å². The van der Waals surface area contributed by atoms with E-state index < -0.39 is 5.63 Å². The Morgan fingerprint density at radius 3 is 2.71 bits per heavy atom. The highest BCUT2D eigenvalue weighted by Crippen LogP contribution is 2.28. The van der Waals surface area contributed by atoms with Crippen molar-refractivity contribution in [3.8, 4) is 5.75 Å². The van der Waals surface area contributed by atoms with Crippen molar-refractivity contribution >= 4 is 16.9 Å². The number of fused-ring (bicyclic) bond motifs is 1. The minimum Gasteiger partial charge on any atom is -0.493 e. The summed E-state index contributed by atoms with van der Waals surface area (Å²) >= 11 is 0. The first-order valence-electron chi connectivity index (χ1n) is 7.90. The van der Waals surface area contributed by atoms with Crippen molar-refractivity contribution in [2.24, 2.45) is 0 Å². The van der Waals surface area contributed by atoms with Gasteiger partial charge in [0.05, 0.1) is 13.2 Å². The zero-order valence-corrected chi connectivity index (χ0v) is 14.2. The summed E-state index contributed by atoms with van der Waals surface area (Å²) in [6.07, 6.45) is 0.723. The van der Waals surface area contributed by atoms with Crippen LogP contribution in [-0.4, -0.2) is 32.9 Å². The van der Waals surface area contributed by atoms with Gasteiger partial charge in [0.25, 0.3) is 0 Å². The molecule has 0 aliphatic heterocycles. The van der Waals surface area contributed by atoms with Crippen LogP contribution in [0.2, 0.25) is 0 Å². The number of ether oxygens (including phenoxy) is 3. The Kier molecular flexibility index (Phi) is 6.37. The molecule has 0 radical (unpaired) electrons. The van der Waals surface area contributed by atoms with Gasteiger partial charge in [0.15, 0.2) is 0 Å². The zero-order valence-electron chi connectivity index (χ0n) is 14.2. The Morgan fingerprint density at radius 2 is 2.00 bits per heavy atom. The van der Waals surface area contributed by atoms with Crippen molar-refractivity contribution in [1.29, 1.82) is 0 Å². The molecular formula is C18H22O6. The fraction of sp³-hybridized carbons (Fsp3) is 0.444. The van der Waals surface area contributed by atoms with Gasteiger partial charge in [-0.05, 0) is 37.5 Å². The van der Waals surface area contributed by atoms with E-state index in [-0.39, 0.29) is 19.0 Å². The molecular weight excluding hydrogens is 312 g/mol. The summed E-state index contributed by atoms with van der Waals surface area (Å²) in [5.74, 6) is 0.328. The molecule has 0 unspecified atom stereocenters. The maximum Gasteiger partial charge on any atom is 0.336 e. The minimum atomic E-state index is -0.392. The van der Waals surface area contributed by atoms with Gasteiger partial charge < -0.3 is 18.6 Å². The minimum absolute atomic E-state index is 0.241. The average Bonchev–Trinajstić information content (AvgIpc) is 2.53. The predicted octanol–water partition coefficient (Wildman–Crippen LogP) is 2.62. The van der Waals surface area contributed by atoms with Gasteiger partial charge in [-0.3, -0.25) is 4.79 Å². The Labute approximate surface area is 140 Å². The van der Waals surface area contributed by atoms with Crippen molar-refractivity contribution in [3.05, 3.63) is 39.7 Å². The van der Waals surface area contributed by atoms with Crippen molar-refractivity contribution in [2.45, 2.75) is 26.7 Å². The smallest absolute Gasteiger partial charge is 0.336 e. The molecule has 6 heteroatoms. The first-order valence-corrected chi connectivity index (χ1v) is 7.90. The van der Waals surface area contributed by atoms with E-state index >= 15 is 0 Å². The van der Waals surface area contributed by atoms with E-state index in [4.69, 9.17) is 18.6 Å². The van der Waals surface area contributed by atoms with Crippen LogP contribution in [0.4, 0.5) is 0 Å².